The molecule has 0 spiro atoms. The maximum absolute atomic E-state index is 11.9. The second-order valence-corrected chi connectivity index (χ2v) is 5.16. The fourth-order valence-electron chi connectivity index (χ4n) is 1.30. The van der Waals surface area contributed by atoms with Crippen molar-refractivity contribution in [3.63, 3.8) is 0 Å². The van der Waals surface area contributed by atoms with Gasteiger partial charge in [0.2, 0.25) is 10.0 Å². The van der Waals surface area contributed by atoms with Crippen molar-refractivity contribution in [2.24, 2.45) is 0 Å². The van der Waals surface area contributed by atoms with Crippen LogP contribution >= 0.6 is 0 Å². The first-order valence-corrected chi connectivity index (χ1v) is 6.54. The highest BCUT2D eigenvalue weighted by Crippen LogP contribution is 2.14. The number of nitrogens with zero attached hydrogens (tertiary/aromatic N) is 3. The van der Waals surface area contributed by atoms with E-state index in [4.69, 9.17) is 5.73 Å². The fourth-order valence-corrected chi connectivity index (χ4v) is 2.38. The number of aromatic nitrogens is 3. The van der Waals surface area contributed by atoms with Gasteiger partial charge in [-0.25, -0.2) is 18.1 Å². The monoisotopic (exact) mass is 265 g/mol. The van der Waals surface area contributed by atoms with Crippen molar-refractivity contribution in [2.75, 3.05) is 5.73 Å². The summed E-state index contributed by atoms with van der Waals surface area (Å²) in [6.07, 6.45) is 2.94. The first-order valence-electron chi connectivity index (χ1n) is 5.06. The van der Waals surface area contributed by atoms with Gasteiger partial charge in [-0.15, -0.1) is 0 Å². The zero-order valence-corrected chi connectivity index (χ0v) is 10.1. The van der Waals surface area contributed by atoms with Crippen LogP contribution in [0.1, 0.15) is 5.69 Å². The molecular formula is C10H11N5O2S. The zero-order valence-electron chi connectivity index (χ0n) is 9.31. The Morgan fingerprint density at radius 2 is 2.00 bits per heavy atom. The smallest absolute Gasteiger partial charge is 0.244 e. The van der Waals surface area contributed by atoms with Crippen molar-refractivity contribution in [2.45, 2.75) is 11.4 Å². The van der Waals surface area contributed by atoms with Crippen LogP contribution in [0, 0.1) is 0 Å². The minimum Gasteiger partial charge on any atom is -0.383 e. The maximum Gasteiger partial charge on any atom is 0.244 e. The Hall–Kier alpha value is -2.06. The lowest BCUT2D eigenvalue weighted by atomic mass is 10.4. The summed E-state index contributed by atoms with van der Waals surface area (Å²) in [5, 5.41) is 7.43. The Bertz CT molecular complexity index is 630. The topological polar surface area (TPSA) is 111 Å². The number of anilines is 1. The van der Waals surface area contributed by atoms with Gasteiger partial charge in [-0.05, 0) is 24.3 Å². The van der Waals surface area contributed by atoms with Gasteiger partial charge in [-0.2, -0.15) is 10.2 Å². The van der Waals surface area contributed by atoms with Gasteiger partial charge in [-0.3, -0.25) is 0 Å². The van der Waals surface area contributed by atoms with E-state index < -0.39 is 10.0 Å². The third kappa shape index (κ3) is 2.79. The number of rotatable bonds is 4. The highest BCUT2D eigenvalue weighted by atomic mass is 32.2. The maximum atomic E-state index is 11.9. The first kappa shape index (κ1) is 12.4. The summed E-state index contributed by atoms with van der Waals surface area (Å²) >= 11 is 0. The molecule has 0 aliphatic rings. The van der Waals surface area contributed by atoms with Crippen molar-refractivity contribution in [1.29, 1.82) is 0 Å². The molecule has 2 aromatic rings. The molecule has 0 bridgehead atoms. The molecule has 3 N–H and O–H groups in total. The Labute approximate surface area is 104 Å². The van der Waals surface area contributed by atoms with Crippen LogP contribution in [0.4, 0.5) is 5.82 Å². The van der Waals surface area contributed by atoms with Crippen molar-refractivity contribution in [3.05, 3.63) is 42.4 Å². The molecule has 2 heterocycles. The molecule has 8 heteroatoms. The lowest BCUT2D eigenvalue weighted by Gasteiger charge is -2.07. The molecule has 2 rings (SSSR count). The van der Waals surface area contributed by atoms with Crippen LogP contribution < -0.4 is 10.5 Å². The fraction of sp³-hybridized carbons (Fsp3) is 0.100. The summed E-state index contributed by atoms with van der Waals surface area (Å²) in [5.41, 5.74) is 6.03. The third-order valence-corrected chi connectivity index (χ3v) is 3.61. The molecule has 94 valence electrons. The van der Waals surface area contributed by atoms with Crippen LogP contribution in [0.25, 0.3) is 0 Å². The lowest BCUT2D eigenvalue weighted by Crippen LogP contribution is -2.25. The van der Waals surface area contributed by atoms with E-state index in [0.29, 0.717) is 5.69 Å². The van der Waals surface area contributed by atoms with E-state index in [9.17, 15) is 8.42 Å². The average Bonchev–Trinajstić information content (AvgIpc) is 2.38. The van der Waals surface area contributed by atoms with Crippen molar-refractivity contribution >= 4 is 15.8 Å². The first-order chi connectivity index (χ1) is 8.59. The van der Waals surface area contributed by atoms with E-state index in [-0.39, 0.29) is 17.3 Å². The van der Waals surface area contributed by atoms with Crippen LogP contribution in [-0.2, 0) is 16.6 Å². The molecule has 0 aliphatic carbocycles. The number of sulfonamides is 1. The average molecular weight is 265 g/mol. The van der Waals surface area contributed by atoms with Crippen molar-refractivity contribution < 1.29 is 8.42 Å². The van der Waals surface area contributed by atoms with Gasteiger partial charge < -0.3 is 5.73 Å². The highest BCUT2D eigenvalue weighted by Gasteiger charge is 2.17. The van der Waals surface area contributed by atoms with E-state index in [1.807, 2.05) is 0 Å². The molecule has 0 aromatic carbocycles. The minimum absolute atomic E-state index is 0.0378. The molecule has 0 unspecified atom stereocenters. The SMILES string of the molecule is Nc1ncccc1S(=O)(=O)NCc1cccnn1. The Kier molecular flexibility index (Phi) is 3.49. The molecule has 0 saturated heterocycles. The number of nitrogens with one attached hydrogen (secondary N) is 1. The molecule has 0 radical (unpaired) electrons. The van der Waals surface area contributed by atoms with Gasteiger partial charge in [0.05, 0.1) is 12.2 Å². The number of nitrogen functional groups attached to an aromatic ring is 1. The molecular weight excluding hydrogens is 254 g/mol. The number of nitrogens with two attached hydrogens (primary N) is 1. The van der Waals surface area contributed by atoms with Gasteiger partial charge in [0, 0.05) is 12.4 Å². The zero-order chi connectivity index (χ0) is 13.0. The summed E-state index contributed by atoms with van der Waals surface area (Å²) in [6, 6.07) is 6.24. The molecule has 18 heavy (non-hydrogen) atoms. The summed E-state index contributed by atoms with van der Waals surface area (Å²) in [4.78, 5) is 3.68. The highest BCUT2D eigenvalue weighted by molar-refractivity contribution is 7.89. The second-order valence-electron chi connectivity index (χ2n) is 3.43. The summed E-state index contributed by atoms with van der Waals surface area (Å²) in [6.45, 7) is 0.0461. The van der Waals surface area contributed by atoms with Crippen molar-refractivity contribution in [3.8, 4) is 0 Å². The second kappa shape index (κ2) is 5.07. The minimum atomic E-state index is -3.69. The van der Waals surface area contributed by atoms with Crippen LogP contribution in [0.5, 0.6) is 0 Å². The lowest BCUT2D eigenvalue weighted by molar-refractivity contribution is 0.580. The predicted molar refractivity (Wildman–Crippen MR) is 64.7 cm³/mol. The predicted octanol–water partition coefficient (Wildman–Crippen LogP) is -0.0677. The van der Waals surface area contributed by atoms with Gasteiger partial charge in [-0.1, -0.05) is 0 Å². The summed E-state index contributed by atoms with van der Waals surface area (Å²) < 4.78 is 26.3. The Morgan fingerprint density at radius 1 is 1.22 bits per heavy atom. The molecule has 0 saturated carbocycles. The molecule has 0 fully saturated rings. The standard InChI is InChI=1S/C10H11N5O2S/c11-10-9(4-2-5-12-10)18(16,17)14-7-8-3-1-6-13-15-8/h1-6,14H,7H2,(H2,11,12). The van der Waals surface area contributed by atoms with Gasteiger partial charge in [0.15, 0.2) is 0 Å². The quantitative estimate of drug-likeness (QED) is 0.800. The van der Waals surface area contributed by atoms with E-state index >= 15 is 0 Å². The van der Waals surface area contributed by atoms with Crippen molar-refractivity contribution in [1.82, 2.24) is 19.9 Å². The van der Waals surface area contributed by atoms with Crippen LogP contribution in [-0.4, -0.2) is 23.6 Å². The van der Waals surface area contributed by atoms with Crippen LogP contribution in [0.15, 0.2) is 41.6 Å². The molecule has 0 amide bonds. The van der Waals surface area contributed by atoms with Crippen LogP contribution in [0.2, 0.25) is 0 Å². The number of pyridine rings is 1. The van der Waals surface area contributed by atoms with E-state index in [1.165, 1.54) is 24.5 Å². The van der Waals surface area contributed by atoms with Gasteiger partial charge >= 0.3 is 0 Å². The molecule has 2 aromatic heterocycles. The third-order valence-electron chi connectivity index (χ3n) is 2.16. The largest absolute Gasteiger partial charge is 0.383 e. The molecule has 7 nitrogen and oxygen atoms in total. The summed E-state index contributed by atoms with van der Waals surface area (Å²) in [7, 11) is -3.69. The normalized spacial score (nSPS) is 11.3. The summed E-state index contributed by atoms with van der Waals surface area (Å²) in [5.74, 6) is -0.0378. The Morgan fingerprint density at radius 3 is 2.67 bits per heavy atom. The van der Waals surface area contributed by atoms with E-state index in [1.54, 1.807) is 12.1 Å². The molecule has 0 atom stereocenters. The van der Waals surface area contributed by atoms with Crippen LogP contribution in [0.3, 0.4) is 0 Å². The Balaban J connectivity index is 2.16. The number of hydrogen-bond donors (Lipinski definition) is 2. The number of hydrogen-bond acceptors (Lipinski definition) is 6. The van der Waals surface area contributed by atoms with E-state index in [2.05, 4.69) is 19.9 Å². The van der Waals surface area contributed by atoms with Gasteiger partial charge in [0.25, 0.3) is 0 Å². The van der Waals surface area contributed by atoms with E-state index in [0.717, 1.165) is 0 Å². The van der Waals surface area contributed by atoms with Gasteiger partial charge in [0.1, 0.15) is 10.7 Å². The molecule has 0 aliphatic heterocycles.